The van der Waals surface area contributed by atoms with Gasteiger partial charge in [0, 0.05) is 36.1 Å². The van der Waals surface area contributed by atoms with Crippen LogP contribution in [0.25, 0.3) is 6.08 Å². The summed E-state index contributed by atoms with van der Waals surface area (Å²) in [6, 6.07) is 7.17. The lowest BCUT2D eigenvalue weighted by Crippen LogP contribution is -2.14. The first-order valence-corrected chi connectivity index (χ1v) is 10.1. The predicted octanol–water partition coefficient (Wildman–Crippen LogP) is 3.52. The number of hydrogen-bond donors (Lipinski definition) is 1. The second-order valence-corrected chi connectivity index (χ2v) is 8.25. The normalized spacial score (nSPS) is 13.6. The Kier molecular flexibility index (Phi) is 4.75. The van der Waals surface area contributed by atoms with Gasteiger partial charge in [-0.25, -0.2) is 17.2 Å². The third kappa shape index (κ3) is 4.09. The van der Waals surface area contributed by atoms with Crippen molar-refractivity contribution in [2.75, 3.05) is 4.72 Å². The Morgan fingerprint density at radius 2 is 1.86 bits per heavy atom. The topological polar surface area (TPSA) is 76.3 Å². The van der Waals surface area contributed by atoms with Crippen LogP contribution in [0.1, 0.15) is 16.7 Å². The summed E-state index contributed by atoms with van der Waals surface area (Å²) in [4.78, 5) is 3.99. The number of benzene rings is 2. The second kappa shape index (κ2) is 7.25. The maximum absolute atomic E-state index is 13.4. The van der Waals surface area contributed by atoms with E-state index in [0.717, 1.165) is 28.8 Å². The first-order valence-electron chi connectivity index (χ1n) is 8.63. The van der Waals surface area contributed by atoms with Crippen molar-refractivity contribution in [2.24, 2.45) is 12.0 Å². The maximum atomic E-state index is 13.4. The van der Waals surface area contributed by atoms with Gasteiger partial charge in [-0.3, -0.25) is 14.4 Å². The highest BCUT2D eigenvalue weighted by molar-refractivity contribution is 7.92. The molecule has 0 saturated heterocycles. The minimum absolute atomic E-state index is 0.276. The summed E-state index contributed by atoms with van der Waals surface area (Å²) in [7, 11) is -2.32. The summed E-state index contributed by atoms with van der Waals surface area (Å²) in [6.45, 7) is 0.490. The Bertz CT molecular complexity index is 1240. The number of nitrogens with one attached hydrogen (secondary N) is 1. The van der Waals surface area contributed by atoms with E-state index in [-0.39, 0.29) is 5.69 Å². The molecule has 2 aromatic carbocycles. The molecule has 1 N–H and O–H groups in total. The van der Waals surface area contributed by atoms with Crippen LogP contribution in [0, 0.1) is 11.6 Å². The molecular weight excluding hydrogens is 398 g/mol. The Morgan fingerprint density at radius 1 is 1.10 bits per heavy atom. The smallest absolute Gasteiger partial charge is 0.262 e. The number of aliphatic imine (C=N–C) groups is 1. The molecule has 1 aliphatic heterocycles. The predicted molar refractivity (Wildman–Crippen MR) is 106 cm³/mol. The molecule has 1 aromatic heterocycles. The number of halogens is 2. The number of allylic oxidation sites excluding steroid dienone is 1. The summed E-state index contributed by atoms with van der Waals surface area (Å²) in [5.41, 5.74) is 3.64. The standard InChI is InChI=1S/C20H16F2N4O2S/c1-26-12-13(10-24-26)2-5-20-19-9-17(4-3-14(19)11-23-20)25-29(27,28)18-7-15(21)6-16(22)8-18/h2-10,12,25H,11H2,1H3/b5-2+. The molecule has 6 nitrogen and oxygen atoms in total. The fraction of sp³-hybridized carbons (Fsp3) is 0.100. The summed E-state index contributed by atoms with van der Waals surface area (Å²) in [6.07, 6.45) is 7.28. The van der Waals surface area contributed by atoms with Gasteiger partial charge in [-0.1, -0.05) is 6.07 Å². The average molecular weight is 414 g/mol. The molecule has 29 heavy (non-hydrogen) atoms. The number of aromatic nitrogens is 2. The van der Waals surface area contributed by atoms with Crippen molar-refractivity contribution < 1.29 is 17.2 Å². The van der Waals surface area contributed by atoms with Crippen molar-refractivity contribution in [2.45, 2.75) is 11.4 Å². The number of aryl methyl sites for hydroxylation is 1. The van der Waals surface area contributed by atoms with E-state index < -0.39 is 26.6 Å². The number of nitrogens with zero attached hydrogens (tertiary/aromatic N) is 3. The molecule has 9 heteroatoms. The van der Waals surface area contributed by atoms with Crippen LogP contribution in [-0.4, -0.2) is 23.9 Å². The molecule has 0 radical (unpaired) electrons. The lowest BCUT2D eigenvalue weighted by Gasteiger charge is -2.10. The lowest BCUT2D eigenvalue weighted by atomic mass is 10.0. The van der Waals surface area contributed by atoms with Gasteiger partial charge in [0.05, 0.1) is 23.3 Å². The molecule has 0 fully saturated rings. The fourth-order valence-corrected chi connectivity index (χ4v) is 4.10. The first-order chi connectivity index (χ1) is 13.8. The molecule has 0 atom stereocenters. The summed E-state index contributed by atoms with van der Waals surface area (Å²) >= 11 is 0. The highest BCUT2D eigenvalue weighted by atomic mass is 32.2. The van der Waals surface area contributed by atoms with Gasteiger partial charge in [-0.15, -0.1) is 0 Å². The highest BCUT2D eigenvalue weighted by Crippen LogP contribution is 2.26. The third-order valence-corrected chi connectivity index (χ3v) is 5.72. The molecule has 4 rings (SSSR count). The summed E-state index contributed by atoms with van der Waals surface area (Å²) < 4.78 is 55.8. The van der Waals surface area contributed by atoms with E-state index >= 15 is 0 Å². The van der Waals surface area contributed by atoms with E-state index in [9.17, 15) is 17.2 Å². The molecule has 0 aliphatic carbocycles. The Labute approximate surface area is 166 Å². The molecule has 3 aromatic rings. The second-order valence-electron chi connectivity index (χ2n) is 6.56. The van der Waals surface area contributed by atoms with E-state index in [4.69, 9.17) is 0 Å². The van der Waals surface area contributed by atoms with E-state index in [0.29, 0.717) is 18.3 Å². The van der Waals surface area contributed by atoms with Crippen molar-refractivity contribution >= 4 is 27.5 Å². The Morgan fingerprint density at radius 3 is 2.55 bits per heavy atom. The molecule has 0 unspecified atom stereocenters. The van der Waals surface area contributed by atoms with Crippen molar-refractivity contribution in [1.29, 1.82) is 0 Å². The minimum Gasteiger partial charge on any atom is -0.280 e. The van der Waals surface area contributed by atoms with Gasteiger partial charge in [0.1, 0.15) is 11.6 Å². The van der Waals surface area contributed by atoms with Crippen molar-refractivity contribution in [3.8, 4) is 0 Å². The van der Waals surface area contributed by atoms with Gasteiger partial charge in [0.15, 0.2) is 0 Å². The van der Waals surface area contributed by atoms with Gasteiger partial charge in [-0.2, -0.15) is 5.10 Å². The monoisotopic (exact) mass is 414 g/mol. The van der Waals surface area contributed by atoms with Crippen LogP contribution < -0.4 is 4.72 Å². The minimum atomic E-state index is -4.14. The van der Waals surface area contributed by atoms with Gasteiger partial charge < -0.3 is 0 Å². The molecule has 1 aliphatic rings. The first kappa shape index (κ1) is 19.0. The lowest BCUT2D eigenvalue weighted by molar-refractivity contribution is 0.568. The van der Waals surface area contributed by atoms with Gasteiger partial charge >= 0.3 is 0 Å². The molecule has 0 amide bonds. The Hall–Kier alpha value is -3.33. The zero-order chi connectivity index (χ0) is 20.6. The van der Waals surface area contributed by atoms with Crippen LogP contribution >= 0.6 is 0 Å². The molecule has 0 spiro atoms. The van der Waals surface area contributed by atoms with Crippen LogP contribution in [0.3, 0.4) is 0 Å². The van der Waals surface area contributed by atoms with Crippen LogP contribution in [0.5, 0.6) is 0 Å². The van der Waals surface area contributed by atoms with Crippen LogP contribution in [0.2, 0.25) is 0 Å². The summed E-state index contributed by atoms with van der Waals surface area (Å²) in [5, 5.41) is 4.10. The van der Waals surface area contributed by atoms with Gasteiger partial charge in [-0.05, 0) is 42.0 Å². The number of sulfonamides is 1. The average Bonchev–Trinajstić information content (AvgIpc) is 3.24. The van der Waals surface area contributed by atoms with Crippen molar-refractivity contribution in [1.82, 2.24) is 9.78 Å². The highest BCUT2D eigenvalue weighted by Gasteiger charge is 2.19. The Balaban J connectivity index is 1.60. The molecular formula is C20H16F2N4O2S. The zero-order valence-electron chi connectivity index (χ0n) is 15.3. The summed E-state index contributed by atoms with van der Waals surface area (Å²) in [5.74, 6) is -1.93. The molecule has 0 bridgehead atoms. The number of fused-ring (bicyclic) bond motifs is 1. The molecule has 0 saturated carbocycles. The van der Waals surface area contributed by atoms with E-state index in [2.05, 4.69) is 14.8 Å². The molecule has 148 valence electrons. The number of hydrogen-bond acceptors (Lipinski definition) is 4. The third-order valence-electron chi connectivity index (χ3n) is 4.36. The van der Waals surface area contributed by atoms with Crippen molar-refractivity contribution in [3.05, 3.63) is 83.2 Å². The van der Waals surface area contributed by atoms with Gasteiger partial charge in [0.2, 0.25) is 0 Å². The van der Waals surface area contributed by atoms with Crippen molar-refractivity contribution in [3.63, 3.8) is 0 Å². The van der Waals surface area contributed by atoms with Gasteiger partial charge in [0.25, 0.3) is 10.0 Å². The largest absolute Gasteiger partial charge is 0.280 e. The maximum Gasteiger partial charge on any atom is 0.262 e. The molecule has 2 heterocycles. The fourth-order valence-electron chi connectivity index (χ4n) is 3.01. The van der Waals surface area contributed by atoms with E-state index in [1.165, 1.54) is 0 Å². The zero-order valence-corrected chi connectivity index (χ0v) is 16.1. The number of anilines is 1. The quantitative estimate of drug-likeness (QED) is 0.694. The van der Waals surface area contributed by atoms with Crippen LogP contribution in [-0.2, 0) is 23.6 Å². The SMILES string of the molecule is Cn1cc(/C=C/C2=NCc3ccc(NS(=O)(=O)c4cc(F)cc(F)c4)cc32)cn1. The van der Waals surface area contributed by atoms with Crippen LogP contribution in [0.15, 0.2) is 64.8 Å². The van der Waals surface area contributed by atoms with Crippen LogP contribution in [0.4, 0.5) is 14.5 Å². The van der Waals surface area contributed by atoms with E-state index in [1.54, 1.807) is 29.1 Å². The number of rotatable bonds is 5. The van der Waals surface area contributed by atoms with E-state index in [1.807, 2.05) is 25.4 Å².